The average Bonchev–Trinajstić information content (AvgIpc) is 3.15. The van der Waals surface area contributed by atoms with Crippen molar-refractivity contribution in [1.82, 2.24) is 14.7 Å². The number of nitrogens with zero attached hydrogens (tertiary/aromatic N) is 3. The molecular weight excluding hydrogens is 346 g/mol. The lowest BCUT2D eigenvalue weighted by molar-refractivity contribution is -0.137. The van der Waals surface area contributed by atoms with Gasteiger partial charge in [0.25, 0.3) is 5.91 Å². The minimum atomic E-state index is -0.779. The number of piperidine rings is 1. The molecule has 0 spiro atoms. The second kappa shape index (κ2) is 8.70. The summed E-state index contributed by atoms with van der Waals surface area (Å²) in [4.78, 5) is 25.4. The predicted octanol–water partition coefficient (Wildman–Crippen LogP) is 2.66. The highest BCUT2D eigenvalue weighted by atomic mass is 16.5. The summed E-state index contributed by atoms with van der Waals surface area (Å²) in [6.45, 7) is 1.92. The van der Waals surface area contributed by atoms with Gasteiger partial charge in [0.15, 0.2) is 0 Å². The summed E-state index contributed by atoms with van der Waals surface area (Å²) in [5.41, 5.74) is 1.65. The van der Waals surface area contributed by atoms with Gasteiger partial charge in [-0.2, -0.15) is 5.10 Å². The second-order valence-corrected chi connectivity index (χ2v) is 6.97. The highest BCUT2D eigenvalue weighted by Crippen LogP contribution is 2.22. The van der Waals surface area contributed by atoms with Crippen LogP contribution in [-0.2, 0) is 11.3 Å². The van der Waals surface area contributed by atoms with Gasteiger partial charge in [-0.3, -0.25) is 14.3 Å². The van der Waals surface area contributed by atoms with E-state index in [2.05, 4.69) is 5.10 Å². The van der Waals surface area contributed by atoms with Crippen LogP contribution in [0.2, 0.25) is 0 Å². The van der Waals surface area contributed by atoms with Gasteiger partial charge >= 0.3 is 5.97 Å². The fourth-order valence-corrected chi connectivity index (χ4v) is 3.47. The Hall–Kier alpha value is -2.83. The van der Waals surface area contributed by atoms with Crippen molar-refractivity contribution in [2.75, 3.05) is 20.2 Å². The van der Waals surface area contributed by atoms with E-state index in [-0.39, 0.29) is 18.2 Å². The first-order valence-electron chi connectivity index (χ1n) is 9.21. The lowest BCUT2D eigenvalue weighted by atomic mass is 9.93. The number of aliphatic carboxylic acids is 1. The lowest BCUT2D eigenvalue weighted by Gasteiger charge is -2.32. The van der Waals surface area contributed by atoms with Crippen LogP contribution in [0.3, 0.4) is 0 Å². The first-order valence-corrected chi connectivity index (χ1v) is 9.21. The van der Waals surface area contributed by atoms with Gasteiger partial charge in [0, 0.05) is 25.7 Å². The third-order valence-corrected chi connectivity index (χ3v) is 4.96. The summed E-state index contributed by atoms with van der Waals surface area (Å²) in [5.74, 6) is 0.250. The van der Waals surface area contributed by atoms with Crippen LogP contribution >= 0.6 is 0 Å². The minimum Gasteiger partial charge on any atom is -0.497 e. The zero-order valence-corrected chi connectivity index (χ0v) is 15.5. The summed E-state index contributed by atoms with van der Waals surface area (Å²) >= 11 is 0. The predicted molar refractivity (Wildman–Crippen MR) is 99.8 cm³/mol. The number of amides is 1. The van der Waals surface area contributed by atoms with Crippen molar-refractivity contribution in [3.05, 3.63) is 47.8 Å². The third kappa shape index (κ3) is 5.09. The number of benzene rings is 1. The fraction of sp³-hybridized carbons (Fsp3) is 0.450. The number of ether oxygens (including phenoxy) is 1. The summed E-state index contributed by atoms with van der Waals surface area (Å²) in [6, 6.07) is 7.74. The molecule has 1 aromatic heterocycles. The van der Waals surface area contributed by atoms with Crippen LogP contribution in [0.1, 0.15) is 41.6 Å². The molecule has 3 rings (SSSR count). The molecule has 1 atom stereocenters. The maximum Gasteiger partial charge on any atom is 0.303 e. The number of hydrogen-bond donors (Lipinski definition) is 1. The SMILES string of the molecule is COc1ccc(Cn2cc(C(=O)N3CCCC(CCC(=O)O)C3)cn2)cc1. The minimum absolute atomic E-state index is 0.0315. The van der Waals surface area contributed by atoms with Crippen molar-refractivity contribution in [1.29, 1.82) is 0 Å². The molecule has 7 nitrogen and oxygen atoms in total. The quantitative estimate of drug-likeness (QED) is 0.809. The molecular formula is C20H25N3O4. The van der Waals surface area contributed by atoms with E-state index >= 15 is 0 Å². The van der Waals surface area contributed by atoms with E-state index in [0.717, 1.165) is 24.2 Å². The van der Waals surface area contributed by atoms with Crippen LogP contribution in [0.15, 0.2) is 36.7 Å². The van der Waals surface area contributed by atoms with E-state index in [4.69, 9.17) is 9.84 Å². The van der Waals surface area contributed by atoms with E-state index in [1.807, 2.05) is 29.2 Å². The molecule has 0 saturated carbocycles. The second-order valence-electron chi connectivity index (χ2n) is 6.97. The maximum atomic E-state index is 12.8. The van der Waals surface area contributed by atoms with E-state index < -0.39 is 5.97 Å². The van der Waals surface area contributed by atoms with Crippen LogP contribution in [0.5, 0.6) is 5.75 Å². The van der Waals surface area contributed by atoms with Crippen LogP contribution in [-0.4, -0.2) is 51.9 Å². The monoisotopic (exact) mass is 371 g/mol. The van der Waals surface area contributed by atoms with Crippen molar-refractivity contribution in [2.45, 2.75) is 32.2 Å². The van der Waals surface area contributed by atoms with Gasteiger partial charge in [0.2, 0.25) is 0 Å². The number of likely N-dealkylation sites (tertiary alicyclic amines) is 1. The summed E-state index contributed by atoms with van der Waals surface area (Å²) < 4.78 is 6.91. The Morgan fingerprint density at radius 2 is 2.07 bits per heavy atom. The molecule has 1 amide bonds. The average molecular weight is 371 g/mol. The Kier molecular flexibility index (Phi) is 6.11. The molecule has 1 saturated heterocycles. The van der Waals surface area contributed by atoms with E-state index in [0.29, 0.717) is 31.6 Å². The molecule has 0 radical (unpaired) electrons. The van der Waals surface area contributed by atoms with Gasteiger partial charge in [0.1, 0.15) is 5.75 Å². The Bertz CT molecular complexity index is 785. The molecule has 1 aliphatic rings. The highest BCUT2D eigenvalue weighted by molar-refractivity contribution is 5.93. The first-order chi connectivity index (χ1) is 13.0. The van der Waals surface area contributed by atoms with Crippen molar-refractivity contribution in [2.24, 2.45) is 5.92 Å². The number of rotatable bonds is 7. The first kappa shape index (κ1) is 18.9. The van der Waals surface area contributed by atoms with Gasteiger partial charge in [-0.1, -0.05) is 12.1 Å². The molecule has 27 heavy (non-hydrogen) atoms. The van der Waals surface area contributed by atoms with Crippen molar-refractivity contribution >= 4 is 11.9 Å². The van der Waals surface area contributed by atoms with Crippen molar-refractivity contribution in [3.8, 4) is 5.75 Å². The number of methoxy groups -OCH3 is 1. The molecule has 144 valence electrons. The maximum absolute atomic E-state index is 12.8. The largest absolute Gasteiger partial charge is 0.497 e. The van der Waals surface area contributed by atoms with Gasteiger partial charge in [-0.25, -0.2) is 0 Å². The molecule has 2 heterocycles. The number of carboxylic acids is 1. The Balaban J connectivity index is 1.59. The number of carboxylic acid groups (broad SMARTS) is 1. The van der Waals surface area contributed by atoms with E-state index in [9.17, 15) is 9.59 Å². The third-order valence-electron chi connectivity index (χ3n) is 4.96. The lowest BCUT2D eigenvalue weighted by Crippen LogP contribution is -2.40. The van der Waals surface area contributed by atoms with E-state index in [1.54, 1.807) is 24.2 Å². The van der Waals surface area contributed by atoms with Crippen LogP contribution in [0.4, 0.5) is 0 Å². The Morgan fingerprint density at radius 1 is 1.30 bits per heavy atom. The summed E-state index contributed by atoms with van der Waals surface area (Å²) in [7, 11) is 1.63. The van der Waals surface area contributed by atoms with Crippen molar-refractivity contribution in [3.63, 3.8) is 0 Å². The zero-order chi connectivity index (χ0) is 19.2. The summed E-state index contributed by atoms with van der Waals surface area (Å²) in [6.07, 6.45) is 6.05. The standard InChI is InChI=1S/C20H25N3O4/c1-27-18-7-4-16(5-8-18)13-23-14-17(11-21-23)20(26)22-10-2-3-15(12-22)6-9-19(24)25/h4-5,7-8,11,14-15H,2-3,6,9-10,12-13H2,1H3,(H,24,25). The number of hydrogen-bond acceptors (Lipinski definition) is 4. The fourth-order valence-electron chi connectivity index (χ4n) is 3.47. The summed E-state index contributed by atoms with van der Waals surface area (Å²) in [5, 5.41) is 13.2. The highest BCUT2D eigenvalue weighted by Gasteiger charge is 2.25. The van der Waals surface area contributed by atoms with Crippen LogP contribution in [0, 0.1) is 5.92 Å². The molecule has 2 aromatic rings. The smallest absolute Gasteiger partial charge is 0.303 e. The number of carbonyl (C=O) groups excluding carboxylic acids is 1. The molecule has 1 aromatic carbocycles. The molecule has 7 heteroatoms. The molecule has 1 fully saturated rings. The Labute approximate surface area is 158 Å². The van der Waals surface area contributed by atoms with Gasteiger partial charge < -0.3 is 14.7 Å². The molecule has 0 bridgehead atoms. The zero-order valence-electron chi connectivity index (χ0n) is 15.5. The topological polar surface area (TPSA) is 84.7 Å². The van der Waals surface area contributed by atoms with Gasteiger partial charge in [0.05, 0.1) is 25.4 Å². The number of aromatic nitrogens is 2. The van der Waals surface area contributed by atoms with Crippen LogP contribution in [0.25, 0.3) is 0 Å². The van der Waals surface area contributed by atoms with Crippen LogP contribution < -0.4 is 4.74 Å². The molecule has 1 N–H and O–H groups in total. The number of carbonyl (C=O) groups is 2. The Morgan fingerprint density at radius 3 is 2.78 bits per heavy atom. The molecule has 0 aliphatic carbocycles. The van der Waals surface area contributed by atoms with E-state index in [1.165, 1.54) is 0 Å². The molecule has 1 aliphatic heterocycles. The normalized spacial score (nSPS) is 16.9. The molecule has 1 unspecified atom stereocenters. The van der Waals surface area contributed by atoms with Crippen molar-refractivity contribution < 1.29 is 19.4 Å². The van der Waals surface area contributed by atoms with Gasteiger partial charge in [-0.05, 0) is 42.9 Å². The van der Waals surface area contributed by atoms with Gasteiger partial charge in [-0.15, -0.1) is 0 Å².